The molecule has 2 rings (SSSR count). The van der Waals surface area contributed by atoms with Crippen molar-refractivity contribution in [2.75, 3.05) is 18.0 Å². The van der Waals surface area contributed by atoms with Crippen LogP contribution in [0.15, 0.2) is 18.2 Å². The Labute approximate surface area is 109 Å². The Morgan fingerprint density at radius 3 is 2.94 bits per heavy atom. The van der Waals surface area contributed by atoms with Crippen LogP contribution in [0.1, 0.15) is 37.3 Å². The molecule has 1 aliphatic rings. The Hall–Kier alpha value is -1.35. The number of anilines is 1. The molecule has 1 aromatic carbocycles. The zero-order chi connectivity index (χ0) is 13.0. The van der Waals surface area contributed by atoms with Gasteiger partial charge >= 0.3 is 0 Å². The second kappa shape index (κ2) is 6.01. The first-order valence-electron chi connectivity index (χ1n) is 6.88. The van der Waals surface area contributed by atoms with E-state index in [1.165, 1.54) is 11.1 Å². The van der Waals surface area contributed by atoms with E-state index in [-0.39, 0.29) is 5.91 Å². The van der Waals surface area contributed by atoms with Gasteiger partial charge in [-0.25, -0.2) is 0 Å². The molecule has 98 valence electrons. The number of hydrogen-bond donors (Lipinski definition) is 1. The Kier molecular flexibility index (Phi) is 4.37. The molecule has 0 bridgehead atoms. The summed E-state index contributed by atoms with van der Waals surface area (Å²) in [5.74, 6) is 0.227. The maximum atomic E-state index is 11.8. The van der Waals surface area contributed by atoms with Crippen LogP contribution in [-0.4, -0.2) is 19.0 Å². The molecule has 18 heavy (non-hydrogen) atoms. The molecular formula is C15H22N2O. The largest absolute Gasteiger partial charge is 0.330 e. The second-order valence-electron chi connectivity index (χ2n) is 4.86. The predicted molar refractivity (Wildman–Crippen MR) is 74.8 cm³/mol. The summed E-state index contributed by atoms with van der Waals surface area (Å²) < 4.78 is 0. The van der Waals surface area contributed by atoms with E-state index in [0.717, 1.165) is 44.5 Å². The molecule has 1 aliphatic heterocycles. The molecule has 0 radical (unpaired) electrons. The second-order valence-corrected chi connectivity index (χ2v) is 4.86. The van der Waals surface area contributed by atoms with E-state index in [4.69, 9.17) is 5.73 Å². The number of rotatable bonds is 5. The van der Waals surface area contributed by atoms with Crippen LogP contribution in [0.2, 0.25) is 0 Å². The van der Waals surface area contributed by atoms with Crippen LogP contribution >= 0.6 is 0 Å². The van der Waals surface area contributed by atoms with Crippen molar-refractivity contribution in [2.45, 2.75) is 39.0 Å². The third-order valence-corrected chi connectivity index (χ3v) is 3.56. The Bertz CT molecular complexity index is 429. The van der Waals surface area contributed by atoms with Gasteiger partial charge in [0.25, 0.3) is 0 Å². The highest BCUT2D eigenvalue weighted by Gasteiger charge is 2.23. The van der Waals surface area contributed by atoms with Crippen molar-refractivity contribution < 1.29 is 4.79 Å². The van der Waals surface area contributed by atoms with Crippen LogP contribution in [0.3, 0.4) is 0 Å². The van der Waals surface area contributed by atoms with Crippen LogP contribution in [0.25, 0.3) is 0 Å². The van der Waals surface area contributed by atoms with Gasteiger partial charge < -0.3 is 10.6 Å². The molecule has 0 unspecified atom stereocenters. The maximum Gasteiger partial charge on any atom is 0.226 e. The van der Waals surface area contributed by atoms with Gasteiger partial charge in [0.05, 0.1) is 0 Å². The molecule has 0 spiro atoms. The van der Waals surface area contributed by atoms with Crippen LogP contribution in [0.5, 0.6) is 0 Å². The van der Waals surface area contributed by atoms with Crippen molar-refractivity contribution in [3.05, 3.63) is 29.3 Å². The lowest BCUT2D eigenvalue weighted by Crippen LogP contribution is -2.27. The van der Waals surface area contributed by atoms with Crippen LogP contribution < -0.4 is 10.6 Å². The number of aryl methyl sites for hydroxylation is 1. The van der Waals surface area contributed by atoms with E-state index < -0.39 is 0 Å². The molecule has 0 aliphatic carbocycles. The first kappa shape index (κ1) is 13.1. The van der Waals surface area contributed by atoms with Gasteiger partial charge in [-0.1, -0.05) is 19.1 Å². The van der Waals surface area contributed by atoms with Crippen molar-refractivity contribution in [2.24, 2.45) is 5.73 Å². The lowest BCUT2D eigenvalue weighted by atomic mass is 10.0. The fraction of sp³-hybridized carbons (Fsp3) is 0.533. The number of carbonyl (C=O) groups is 1. The number of hydrogen-bond acceptors (Lipinski definition) is 2. The number of nitrogens with two attached hydrogens (primary N) is 1. The molecule has 2 N–H and O–H groups in total. The van der Waals surface area contributed by atoms with Crippen LogP contribution in [0, 0.1) is 0 Å². The molecule has 0 fully saturated rings. The number of nitrogens with zero attached hydrogens (tertiary/aromatic N) is 1. The highest BCUT2D eigenvalue weighted by molar-refractivity contribution is 5.95. The van der Waals surface area contributed by atoms with E-state index in [1.54, 1.807) is 0 Å². The summed E-state index contributed by atoms with van der Waals surface area (Å²) in [6, 6.07) is 6.51. The average molecular weight is 246 g/mol. The van der Waals surface area contributed by atoms with Gasteiger partial charge in [0.15, 0.2) is 0 Å². The Morgan fingerprint density at radius 2 is 2.22 bits per heavy atom. The summed E-state index contributed by atoms with van der Waals surface area (Å²) in [6.45, 7) is 3.53. The molecule has 0 aromatic heterocycles. The monoisotopic (exact) mass is 246 g/mol. The molecule has 0 atom stereocenters. The van der Waals surface area contributed by atoms with Crippen molar-refractivity contribution in [1.29, 1.82) is 0 Å². The molecule has 3 nitrogen and oxygen atoms in total. The van der Waals surface area contributed by atoms with Crippen molar-refractivity contribution in [1.82, 2.24) is 0 Å². The van der Waals surface area contributed by atoms with E-state index >= 15 is 0 Å². The number of benzene rings is 1. The normalized spacial score (nSPS) is 13.8. The summed E-state index contributed by atoms with van der Waals surface area (Å²) in [4.78, 5) is 13.7. The Balaban J connectivity index is 2.08. The number of carbonyl (C=O) groups excluding carboxylic acids is 1. The van der Waals surface area contributed by atoms with E-state index in [0.29, 0.717) is 6.42 Å². The number of fused-ring (bicyclic) bond motifs is 1. The minimum absolute atomic E-state index is 0.227. The zero-order valence-electron chi connectivity index (χ0n) is 11.1. The maximum absolute atomic E-state index is 11.8. The smallest absolute Gasteiger partial charge is 0.226 e. The first-order chi connectivity index (χ1) is 8.76. The van der Waals surface area contributed by atoms with E-state index in [2.05, 4.69) is 18.2 Å². The summed E-state index contributed by atoms with van der Waals surface area (Å²) in [5.41, 5.74) is 9.31. The number of unbranched alkanes of at least 4 members (excludes halogenated alkanes) is 1. The van der Waals surface area contributed by atoms with Gasteiger partial charge in [-0.3, -0.25) is 4.79 Å². The van der Waals surface area contributed by atoms with Gasteiger partial charge in [-0.15, -0.1) is 0 Å². The molecule has 1 heterocycles. The minimum atomic E-state index is 0.227. The van der Waals surface area contributed by atoms with E-state index in [1.807, 2.05) is 11.8 Å². The predicted octanol–water partition coefficient (Wildman–Crippen LogP) is 2.27. The van der Waals surface area contributed by atoms with Crippen molar-refractivity contribution in [3.8, 4) is 0 Å². The zero-order valence-corrected chi connectivity index (χ0v) is 11.1. The molecule has 1 aromatic rings. The summed E-state index contributed by atoms with van der Waals surface area (Å²) in [5, 5.41) is 0. The topological polar surface area (TPSA) is 46.3 Å². The molecule has 1 amide bonds. The van der Waals surface area contributed by atoms with Gasteiger partial charge in [0, 0.05) is 18.7 Å². The van der Waals surface area contributed by atoms with Gasteiger partial charge in [-0.05, 0) is 49.4 Å². The molecular weight excluding hydrogens is 224 g/mol. The lowest BCUT2D eigenvalue weighted by Gasteiger charge is -2.16. The molecule has 0 saturated carbocycles. The first-order valence-corrected chi connectivity index (χ1v) is 6.88. The third-order valence-electron chi connectivity index (χ3n) is 3.56. The minimum Gasteiger partial charge on any atom is -0.330 e. The highest BCUT2D eigenvalue weighted by Crippen LogP contribution is 2.29. The summed E-state index contributed by atoms with van der Waals surface area (Å²) in [7, 11) is 0. The fourth-order valence-electron chi connectivity index (χ4n) is 2.53. The van der Waals surface area contributed by atoms with Crippen molar-refractivity contribution >= 4 is 11.6 Å². The molecule has 0 saturated heterocycles. The average Bonchev–Trinajstić information content (AvgIpc) is 2.81. The highest BCUT2D eigenvalue weighted by atomic mass is 16.2. The lowest BCUT2D eigenvalue weighted by molar-refractivity contribution is -0.118. The van der Waals surface area contributed by atoms with Gasteiger partial charge in [0.2, 0.25) is 5.91 Å². The fourth-order valence-corrected chi connectivity index (χ4v) is 2.53. The molecule has 3 heteroatoms. The van der Waals surface area contributed by atoms with Crippen LogP contribution in [-0.2, 0) is 17.6 Å². The SMILES string of the molecule is CCC(=O)N1CCc2cc(CCCCN)ccc21. The Morgan fingerprint density at radius 1 is 1.39 bits per heavy atom. The summed E-state index contributed by atoms with van der Waals surface area (Å²) >= 11 is 0. The van der Waals surface area contributed by atoms with Gasteiger partial charge in [0.1, 0.15) is 0 Å². The van der Waals surface area contributed by atoms with E-state index in [9.17, 15) is 4.79 Å². The summed E-state index contributed by atoms with van der Waals surface area (Å²) in [6.07, 6.45) is 4.89. The quantitative estimate of drug-likeness (QED) is 0.810. The van der Waals surface area contributed by atoms with Crippen LogP contribution in [0.4, 0.5) is 5.69 Å². The number of amides is 1. The standard InChI is InChI=1S/C15H22N2O/c1-2-15(18)17-10-8-13-11-12(5-3-4-9-16)6-7-14(13)17/h6-7,11H,2-5,8-10,16H2,1H3. The van der Waals surface area contributed by atoms with Crippen molar-refractivity contribution in [3.63, 3.8) is 0 Å². The third kappa shape index (κ3) is 2.72. The van der Waals surface area contributed by atoms with Gasteiger partial charge in [-0.2, -0.15) is 0 Å².